The Morgan fingerprint density at radius 3 is 2.21 bits per heavy atom. The van der Waals surface area contributed by atoms with E-state index in [-0.39, 0.29) is 5.82 Å². The van der Waals surface area contributed by atoms with Crippen molar-refractivity contribution in [1.82, 2.24) is 4.90 Å². The number of rotatable bonds is 6. The molecule has 0 atom stereocenters. The van der Waals surface area contributed by atoms with Gasteiger partial charge in [-0.1, -0.05) is 63.1 Å². The van der Waals surface area contributed by atoms with Crippen LogP contribution in [0.25, 0.3) is 0 Å². The van der Waals surface area contributed by atoms with E-state index < -0.39 is 0 Å². The normalized spacial score (nSPS) is 15.2. The van der Waals surface area contributed by atoms with Crippen molar-refractivity contribution >= 4 is 0 Å². The molecule has 0 aliphatic carbocycles. The van der Waals surface area contributed by atoms with Crippen LogP contribution in [0.15, 0.2) is 42.5 Å². The predicted molar refractivity (Wildman–Crippen MR) is 119 cm³/mol. The summed E-state index contributed by atoms with van der Waals surface area (Å²) in [4.78, 5) is 2.52. The number of nitrogens with zero attached hydrogens (tertiary/aromatic N) is 1. The highest BCUT2D eigenvalue weighted by Gasteiger charge is 2.14. The monoisotopic (exact) mass is 383 g/mol. The first-order chi connectivity index (χ1) is 13.5. The topological polar surface area (TPSA) is 3.24 Å². The van der Waals surface area contributed by atoms with Crippen LogP contribution in [-0.2, 0) is 19.3 Å². The van der Waals surface area contributed by atoms with Gasteiger partial charge in [0.15, 0.2) is 0 Å². The van der Waals surface area contributed by atoms with Crippen LogP contribution in [0.4, 0.5) is 4.39 Å². The molecule has 3 rings (SSSR count). The fourth-order valence-corrected chi connectivity index (χ4v) is 3.82. The minimum absolute atomic E-state index is 0.143. The molecule has 2 heteroatoms. The van der Waals surface area contributed by atoms with Crippen LogP contribution in [0.3, 0.4) is 0 Å². The lowest BCUT2D eigenvalue weighted by atomic mass is 9.99. The second kappa shape index (κ2) is 12.0. The van der Waals surface area contributed by atoms with Crippen molar-refractivity contribution in [1.29, 1.82) is 0 Å². The summed E-state index contributed by atoms with van der Waals surface area (Å²) in [6.45, 7) is 12.5. The molecule has 0 bridgehead atoms. The Balaban J connectivity index is 0.000000209. The summed E-state index contributed by atoms with van der Waals surface area (Å²) in [5, 5.41) is 0. The van der Waals surface area contributed by atoms with Gasteiger partial charge in [-0.15, -0.1) is 0 Å². The van der Waals surface area contributed by atoms with E-state index >= 15 is 0 Å². The molecule has 1 nitrogen and oxygen atoms in total. The summed E-state index contributed by atoms with van der Waals surface area (Å²) in [7, 11) is 0. The standard InChI is InChI=1S/C14H20FN.C12H18/c1-12-6-9-16(10-7-12)11-8-13-2-4-14(15)5-3-13;1-4-6-12-8-7-10(3)9-11(12)5-2/h2-5,12H,6-11H2,1H3;7-9H,4-6H2,1-3H3. The van der Waals surface area contributed by atoms with Gasteiger partial charge in [0.2, 0.25) is 0 Å². The van der Waals surface area contributed by atoms with Gasteiger partial charge in [-0.2, -0.15) is 0 Å². The van der Waals surface area contributed by atoms with Crippen LogP contribution >= 0.6 is 0 Å². The first-order valence-corrected chi connectivity index (χ1v) is 11.1. The fraction of sp³-hybridized carbons (Fsp3) is 0.538. The third-order valence-corrected chi connectivity index (χ3v) is 5.77. The smallest absolute Gasteiger partial charge is 0.123 e. The molecule has 1 heterocycles. The molecule has 0 radical (unpaired) electrons. The van der Waals surface area contributed by atoms with Gasteiger partial charge in [0.05, 0.1) is 0 Å². The van der Waals surface area contributed by atoms with E-state index in [1.807, 2.05) is 12.1 Å². The van der Waals surface area contributed by atoms with Gasteiger partial charge in [-0.3, -0.25) is 0 Å². The number of piperidine rings is 1. The number of halogens is 1. The number of hydrogen-bond acceptors (Lipinski definition) is 1. The maximum absolute atomic E-state index is 12.7. The van der Waals surface area contributed by atoms with Crippen molar-refractivity contribution in [2.24, 2.45) is 5.92 Å². The molecule has 0 N–H and O–H groups in total. The lowest BCUT2D eigenvalue weighted by Crippen LogP contribution is -2.34. The van der Waals surface area contributed by atoms with Crippen LogP contribution in [0.5, 0.6) is 0 Å². The van der Waals surface area contributed by atoms with Crippen molar-refractivity contribution in [2.45, 2.75) is 66.2 Å². The van der Waals surface area contributed by atoms with Gasteiger partial charge in [-0.05, 0) is 86.9 Å². The number of likely N-dealkylation sites (tertiary alicyclic amines) is 1. The second-order valence-electron chi connectivity index (χ2n) is 8.28. The average molecular weight is 384 g/mol. The zero-order valence-corrected chi connectivity index (χ0v) is 18.3. The first-order valence-electron chi connectivity index (χ1n) is 11.1. The Kier molecular flexibility index (Phi) is 9.70. The molecule has 0 saturated carbocycles. The van der Waals surface area contributed by atoms with Crippen molar-refractivity contribution in [3.05, 3.63) is 70.5 Å². The SMILES string of the molecule is CC1CCN(CCc2ccc(F)cc2)CC1.CCCc1ccc(C)cc1CC. The van der Waals surface area contributed by atoms with Gasteiger partial charge in [0.1, 0.15) is 5.82 Å². The van der Waals surface area contributed by atoms with E-state index in [9.17, 15) is 4.39 Å². The molecular weight excluding hydrogens is 345 g/mol. The molecule has 2 aromatic carbocycles. The molecule has 2 aromatic rings. The van der Waals surface area contributed by atoms with E-state index in [0.717, 1.165) is 25.3 Å². The van der Waals surface area contributed by atoms with Crippen LogP contribution in [0.1, 0.15) is 62.3 Å². The first kappa shape index (κ1) is 22.6. The Labute approximate surface area is 172 Å². The highest BCUT2D eigenvalue weighted by molar-refractivity contribution is 5.31. The zero-order chi connectivity index (χ0) is 20.4. The quantitative estimate of drug-likeness (QED) is 0.542. The van der Waals surface area contributed by atoms with E-state index in [4.69, 9.17) is 0 Å². The molecular formula is C26H38FN. The second-order valence-corrected chi connectivity index (χ2v) is 8.28. The summed E-state index contributed by atoms with van der Waals surface area (Å²) in [6.07, 6.45) is 7.32. The lowest BCUT2D eigenvalue weighted by Gasteiger charge is -2.30. The molecule has 1 aliphatic rings. The van der Waals surface area contributed by atoms with E-state index in [1.54, 1.807) is 12.1 Å². The maximum Gasteiger partial charge on any atom is 0.123 e. The van der Waals surface area contributed by atoms with Gasteiger partial charge < -0.3 is 4.90 Å². The van der Waals surface area contributed by atoms with Gasteiger partial charge >= 0.3 is 0 Å². The molecule has 1 aliphatic heterocycles. The Hall–Kier alpha value is -1.67. The van der Waals surface area contributed by atoms with E-state index in [0.29, 0.717) is 0 Å². The third kappa shape index (κ3) is 7.75. The molecule has 1 saturated heterocycles. The summed E-state index contributed by atoms with van der Waals surface area (Å²) in [6, 6.07) is 13.7. The minimum atomic E-state index is -0.143. The average Bonchev–Trinajstić information content (AvgIpc) is 2.71. The van der Waals surface area contributed by atoms with Crippen LogP contribution in [-0.4, -0.2) is 24.5 Å². The zero-order valence-electron chi connectivity index (χ0n) is 18.3. The van der Waals surface area contributed by atoms with Crippen LogP contribution in [0.2, 0.25) is 0 Å². The molecule has 28 heavy (non-hydrogen) atoms. The predicted octanol–water partition coefficient (Wildman–Crippen LogP) is 6.61. The van der Waals surface area contributed by atoms with E-state index in [1.165, 1.54) is 61.0 Å². The molecule has 0 aromatic heterocycles. The van der Waals surface area contributed by atoms with Crippen molar-refractivity contribution in [2.75, 3.05) is 19.6 Å². The van der Waals surface area contributed by atoms with Crippen LogP contribution in [0, 0.1) is 18.7 Å². The number of aryl methyl sites for hydroxylation is 3. The fourth-order valence-electron chi connectivity index (χ4n) is 3.82. The number of hydrogen-bond donors (Lipinski definition) is 0. The minimum Gasteiger partial charge on any atom is -0.303 e. The van der Waals surface area contributed by atoms with Crippen molar-refractivity contribution < 1.29 is 4.39 Å². The highest BCUT2D eigenvalue weighted by Crippen LogP contribution is 2.16. The van der Waals surface area contributed by atoms with Gasteiger partial charge in [-0.25, -0.2) is 4.39 Å². The largest absolute Gasteiger partial charge is 0.303 e. The Morgan fingerprint density at radius 2 is 1.61 bits per heavy atom. The van der Waals surface area contributed by atoms with E-state index in [2.05, 4.69) is 50.8 Å². The molecule has 154 valence electrons. The maximum atomic E-state index is 12.7. The highest BCUT2D eigenvalue weighted by atomic mass is 19.1. The van der Waals surface area contributed by atoms with Crippen molar-refractivity contribution in [3.63, 3.8) is 0 Å². The molecule has 0 unspecified atom stereocenters. The molecule has 1 fully saturated rings. The summed E-state index contributed by atoms with van der Waals surface area (Å²) in [5.41, 5.74) is 5.68. The summed E-state index contributed by atoms with van der Waals surface area (Å²) in [5.74, 6) is 0.748. The number of benzene rings is 2. The summed E-state index contributed by atoms with van der Waals surface area (Å²) >= 11 is 0. The Morgan fingerprint density at radius 1 is 0.929 bits per heavy atom. The van der Waals surface area contributed by atoms with Gasteiger partial charge in [0.25, 0.3) is 0 Å². The lowest BCUT2D eigenvalue weighted by molar-refractivity contribution is 0.194. The summed E-state index contributed by atoms with van der Waals surface area (Å²) < 4.78 is 12.7. The Bertz CT molecular complexity index is 684. The molecule has 0 spiro atoms. The van der Waals surface area contributed by atoms with Crippen LogP contribution < -0.4 is 0 Å². The third-order valence-electron chi connectivity index (χ3n) is 5.77. The molecule has 0 amide bonds. The van der Waals surface area contributed by atoms with Crippen molar-refractivity contribution in [3.8, 4) is 0 Å². The van der Waals surface area contributed by atoms with Gasteiger partial charge in [0, 0.05) is 6.54 Å².